The molecule has 0 fully saturated rings. The van der Waals surface area contributed by atoms with Gasteiger partial charge in [-0.25, -0.2) is 0 Å². The number of hydrogen-bond acceptors (Lipinski definition) is 3. The van der Waals surface area contributed by atoms with Gasteiger partial charge >= 0.3 is 0 Å². The number of benzene rings is 1. The molecule has 2 amide bonds. The van der Waals surface area contributed by atoms with Crippen LogP contribution in [0, 0.1) is 5.92 Å². The lowest BCUT2D eigenvalue weighted by Crippen LogP contribution is -2.25. The summed E-state index contributed by atoms with van der Waals surface area (Å²) >= 11 is 0. The number of amides is 2. The fourth-order valence-corrected chi connectivity index (χ4v) is 1.95. The molecule has 0 aliphatic heterocycles. The summed E-state index contributed by atoms with van der Waals surface area (Å²) in [5, 5.41) is 3.30. The number of carbonyl (C=O) groups is 2. The zero-order valence-electron chi connectivity index (χ0n) is 11.6. The predicted octanol–water partition coefficient (Wildman–Crippen LogP) is 1.73. The highest BCUT2D eigenvalue weighted by molar-refractivity contribution is 5.99. The van der Waals surface area contributed by atoms with Crippen molar-refractivity contribution >= 4 is 17.5 Å². The van der Waals surface area contributed by atoms with Crippen LogP contribution in [-0.2, 0) is 0 Å². The fourth-order valence-electron chi connectivity index (χ4n) is 1.95. The highest BCUT2D eigenvalue weighted by atomic mass is 16.1. The van der Waals surface area contributed by atoms with Crippen LogP contribution in [0.15, 0.2) is 18.2 Å². The van der Waals surface area contributed by atoms with Crippen molar-refractivity contribution in [3.63, 3.8) is 0 Å². The number of hydrogen-bond donors (Lipinski definition) is 3. The summed E-state index contributed by atoms with van der Waals surface area (Å²) in [6, 6.07) is 4.94. The highest BCUT2D eigenvalue weighted by Crippen LogP contribution is 2.19. The summed E-state index contributed by atoms with van der Waals surface area (Å²) < 4.78 is 0. The summed E-state index contributed by atoms with van der Waals surface area (Å²) in [7, 11) is 0. The fraction of sp³-hybridized carbons (Fsp3) is 0.429. The Kier molecular flexibility index (Phi) is 4.92. The van der Waals surface area contributed by atoms with E-state index in [1.54, 1.807) is 12.1 Å². The highest BCUT2D eigenvalue weighted by Gasteiger charge is 2.14. The Morgan fingerprint density at radius 3 is 1.89 bits per heavy atom. The Hall–Kier alpha value is -2.04. The molecular weight excluding hydrogens is 242 g/mol. The molecular formula is C14H21N3O2. The molecule has 1 aromatic rings. The van der Waals surface area contributed by atoms with E-state index in [-0.39, 0.29) is 17.2 Å². The van der Waals surface area contributed by atoms with Crippen LogP contribution in [0.5, 0.6) is 0 Å². The van der Waals surface area contributed by atoms with E-state index < -0.39 is 11.8 Å². The Morgan fingerprint density at radius 2 is 1.58 bits per heavy atom. The maximum atomic E-state index is 11.3. The van der Waals surface area contributed by atoms with Crippen LogP contribution in [0.25, 0.3) is 0 Å². The third-order valence-electron chi connectivity index (χ3n) is 3.10. The molecule has 5 nitrogen and oxygen atoms in total. The first-order chi connectivity index (χ1) is 8.85. The Balaban J connectivity index is 3.12. The van der Waals surface area contributed by atoms with Crippen molar-refractivity contribution in [2.24, 2.45) is 17.4 Å². The maximum Gasteiger partial charge on any atom is 0.248 e. The summed E-state index contributed by atoms with van der Waals surface area (Å²) in [5.41, 5.74) is 11.7. The Morgan fingerprint density at radius 1 is 1.11 bits per heavy atom. The number of rotatable bonds is 6. The van der Waals surface area contributed by atoms with E-state index in [0.29, 0.717) is 11.6 Å². The molecule has 0 saturated heterocycles. The molecule has 0 aliphatic rings. The quantitative estimate of drug-likeness (QED) is 0.729. The van der Waals surface area contributed by atoms with Gasteiger partial charge in [-0.05, 0) is 30.5 Å². The number of nitrogens with two attached hydrogens (primary N) is 2. The minimum atomic E-state index is -0.580. The average molecular weight is 263 g/mol. The molecule has 19 heavy (non-hydrogen) atoms. The molecule has 0 bridgehead atoms. The SMILES string of the molecule is CCC(Nc1cc(C(N)=O)cc(C(N)=O)c1)C(C)C. The summed E-state index contributed by atoms with van der Waals surface area (Å²) in [5.74, 6) is -0.730. The Labute approximate surface area is 113 Å². The zero-order valence-corrected chi connectivity index (χ0v) is 11.6. The predicted molar refractivity (Wildman–Crippen MR) is 76.0 cm³/mol. The Bertz CT molecular complexity index is 451. The lowest BCUT2D eigenvalue weighted by Gasteiger charge is -2.22. The second kappa shape index (κ2) is 6.22. The van der Waals surface area contributed by atoms with Crippen LogP contribution in [0.3, 0.4) is 0 Å². The number of primary amides is 2. The minimum Gasteiger partial charge on any atom is -0.382 e. The van der Waals surface area contributed by atoms with Crippen LogP contribution in [-0.4, -0.2) is 17.9 Å². The van der Waals surface area contributed by atoms with Gasteiger partial charge in [-0.3, -0.25) is 9.59 Å². The van der Waals surface area contributed by atoms with E-state index in [4.69, 9.17) is 11.5 Å². The van der Waals surface area contributed by atoms with E-state index >= 15 is 0 Å². The minimum absolute atomic E-state index is 0.254. The van der Waals surface area contributed by atoms with Crippen LogP contribution in [0.1, 0.15) is 47.9 Å². The molecule has 0 saturated carbocycles. The zero-order chi connectivity index (χ0) is 14.6. The topological polar surface area (TPSA) is 98.2 Å². The molecule has 1 rings (SSSR count). The van der Waals surface area contributed by atoms with Gasteiger partial charge in [0.05, 0.1) is 0 Å². The molecule has 0 aromatic heterocycles. The van der Waals surface area contributed by atoms with Gasteiger partial charge < -0.3 is 16.8 Å². The number of nitrogens with one attached hydrogen (secondary N) is 1. The van der Waals surface area contributed by atoms with Crippen molar-refractivity contribution in [2.75, 3.05) is 5.32 Å². The lowest BCUT2D eigenvalue weighted by molar-refractivity contribution is 0.0999. The molecule has 0 aliphatic carbocycles. The second-order valence-corrected chi connectivity index (χ2v) is 4.93. The maximum absolute atomic E-state index is 11.3. The van der Waals surface area contributed by atoms with Crippen molar-refractivity contribution in [3.8, 4) is 0 Å². The third kappa shape index (κ3) is 3.98. The van der Waals surface area contributed by atoms with Gasteiger partial charge in [0, 0.05) is 22.9 Å². The standard InChI is InChI=1S/C14H21N3O2/c1-4-12(8(2)3)17-11-6-9(13(15)18)5-10(7-11)14(16)19/h5-8,12,17H,4H2,1-3H3,(H2,15,18)(H2,16,19). The van der Waals surface area contributed by atoms with Crippen LogP contribution < -0.4 is 16.8 Å². The van der Waals surface area contributed by atoms with Gasteiger partial charge in [0.2, 0.25) is 11.8 Å². The monoisotopic (exact) mass is 263 g/mol. The summed E-state index contributed by atoms with van der Waals surface area (Å²) in [6.45, 7) is 6.28. The van der Waals surface area contributed by atoms with Crippen LogP contribution in [0.4, 0.5) is 5.69 Å². The molecule has 0 radical (unpaired) electrons. The van der Waals surface area contributed by atoms with Gasteiger partial charge in [-0.1, -0.05) is 20.8 Å². The van der Waals surface area contributed by atoms with E-state index in [0.717, 1.165) is 6.42 Å². The van der Waals surface area contributed by atoms with E-state index in [1.807, 2.05) is 0 Å². The third-order valence-corrected chi connectivity index (χ3v) is 3.10. The molecule has 1 unspecified atom stereocenters. The van der Waals surface area contributed by atoms with Crippen molar-refractivity contribution < 1.29 is 9.59 Å². The van der Waals surface area contributed by atoms with Gasteiger partial charge in [0.15, 0.2) is 0 Å². The van der Waals surface area contributed by atoms with Gasteiger partial charge in [0.1, 0.15) is 0 Å². The average Bonchev–Trinajstić information content (AvgIpc) is 2.34. The normalized spacial score (nSPS) is 12.2. The molecule has 0 spiro atoms. The first kappa shape index (κ1) is 15.0. The van der Waals surface area contributed by atoms with Gasteiger partial charge in [-0.15, -0.1) is 0 Å². The van der Waals surface area contributed by atoms with Crippen LogP contribution >= 0.6 is 0 Å². The largest absolute Gasteiger partial charge is 0.382 e. The smallest absolute Gasteiger partial charge is 0.248 e. The first-order valence-corrected chi connectivity index (χ1v) is 6.36. The summed E-state index contributed by atoms with van der Waals surface area (Å²) in [4.78, 5) is 22.5. The molecule has 5 N–H and O–H groups in total. The molecule has 0 heterocycles. The van der Waals surface area contributed by atoms with Crippen molar-refractivity contribution in [2.45, 2.75) is 33.2 Å². The lowest BCUT2D eigenvalue weighted by atomic mass is 10.0. The van der Waals surface area contributed by atoms with Crippen molar-refractivity contribution in [1.29, 1.82) is 0 Å². The van der Waals surface area contributed by atoms with Gasteiger partial charge in [0.25, 0.3) is 0 Å². The number of anilines is 1. The molecule has 1 aromatic carbocycles. The second-order valence-electron chi connectivity index (χ2n) is 4.93. The number of carbonyl (C=O) groups excluding carboxylic acids is 2. The van der Waals surface area contributed by atoms with Crippen molar-refractivity contribution in [1.82, 2.24) is 0 Å². The summed E-state index contributed by atoms with van der Waals surface area (Å²) in [6.07, 6.45) is 0.935. The van der Waals surface area contributed by atoms with E-state index in [9.17, 15) is 9.59 Å². The van der Waals surface area contributed by atoms with Crippen molar-refractivity contribution in [3.05, 3.63) is 29.3 Å². The van der Waals surface area contributed by atoms with Crippen LogP contribution in [0.2, 0.25) is 0 Å². The molecule has 104 valence electrons. The van der Waals surface area contributed by atoms with Gasteiger partial charge in [-0.2, -0.15) is 0 Å². The molecule has 1 atom stereocenters. The van der Waals surface area contributed by atoms with E-state index in [1.165, 1.54) is 6.07 Å². The first-order valence-electron chi connectivity index (χ1n) is 6.36. The molecule has 5 heteroatoms. The van der Waals surface area contributed by atoms with E-state index in [2.05, 4.69) is 26.1 Å².